The summed E-state index contributed by atoms with van der Waals surface area (Å²) in [5.41, 5.74) is 1.70. The molecule has 2 N–H and O–H groups in total. The molecule has 0 atom stereocenters. The van der Waals surface area contributed by atoms with Crippen molar-refractivity contribution in [2.45, 2.75) is 26.2 Å². The molecule has 1 aliphatic rings. The predicted octanol–water partition coefficient (Wildman–Crippen LogP) is 3.15. The highest BCUT2D eigenvalue weighted by Crippen LogP contribution is 2.27. The van der Waals surface area contributed by atoms with Crippen molar-refractivity contribution < 1.29 is 14.3 Å². The maximum atomic E-state index is 11.9. The minimum absolute atomic E-state index is 0.0383. The highest BCUT2D eigenvalue weighted by Gasteiger charge is 2.25. The summed E-state index contributed by atoms with van der Waals surface area (Å²) in [6.45, 7) is 1.87. The monoisotopic (exact) mass is 339 g/mol. The number of hydrogen-bond acceptors (Lipinski definition) is 4. The Labute approximate surface area is 146 Å². The number of benzene rings is 1. The molecule has 1 saturated carbocycles. The second-order valence-electron chi connectivity index (χ2n) is 6.20. The lowest BCUT2D eigenvalue weighted by molar-refractivity contribution is -0.122. The van der Waals surface area contributed by atoms with Gasteiger partial charge in [-0.3, -0.25) is 9.59 Å². The Bertz CT molecular complexity index is 755. The number of nitrogens with one attached hydrogen (secondary N) is 2. The number of rotatable bonds is 6. The van der Waals surface area contributed by atoms with E-state index in [1.807, 2.05) is 25.1 Å². The molecule has 130 valence electrons. The Balaban J connectivity index is 1.47. The molecule has 6 nitrogen and oxygen atoms in total. The van der Waals surface area contributed by atoms with Gasteiger partial charge in [0.05, 0.1) is 11.9 Å². The van der Waals surface area contributed by atoms with Crippen LogP contribution in [0.2, 0.25) is 0 Å². The van der Waals surface area contributed by atoms with Gasteiger partial charge in [0.25, 0.3) is 5.91 Å². The van der Waals surface area contributed by atoms with Crippen LogP contribution in [0.5, 0.6) is 5.75 Å². The van der Waals surface area contributed by atoms with Crippen molar-refractivity contribution in [3.05, 3.63) is 48.2 Å². The number of ether oxygens (including phenoxy) is 1. The van der Waals surface area contributed by atoms with Crippen LogP contribution in [0.3, 0.4) is 0 Å². The standard InChI is InChI=1S/C19H21N3O3/c1-13-4-2-7-16(10-13)25-12-18(23)22-17-9-8-15(11-20-17)21-19(24)14-5-3-6-14/h2,4,7-11,14H,3,5-6,12H2,1H3,(H,21,24)(H,20,22,23). The third-order valence-electron chi connectivity index (χ3n) is 4.13. The van der Waals surface area contributed by atoms with Gasteiger partial charge in [0.15, 0.2) is 6.61 Å². The van der Waals surface area contributed by atoms with E-state index in [1.54, 1.807) is 18.2 Å². The van der Waals surface area contributed by atoms with E-state index in [0.29, 0.717) is 17.3 Å². The van der Waals surface area contributed by atoms with E-state index < -0.39 is 0 Å². The molecule has 3 rings (SSSR count). The molecule has 0 bridgehead atoms. The highest BCUT2D eigenvalue weighted by atomic mass is 16.5. The quantitative estimate of drug-likeness (QED) is 0.847. The molecule has 25 heavy (non-hydrogen) atoms. The lowest BCUT2D eigenvalue weighted by Gasteiger charge is -2.23. The molecule has 1 aromatic carbocycles. The Morgan fingerprint density at radius 3 is 2.68 bits per heavy atom. The number of carbonyl (C=O) groups excluding carboxylic acids is 2. The summed E-state index contributed by atoms with van der Waals surface area (Å²) in [5.74, 6) is 0.937. The summed E-state index contributed by atoms with van der Waals surface area (Å²) < 4.78 is 5.45. The molecule has 2 amide bonds. The van der Waals surface area contributed by atoms with Crippen LogP contribution in [0.4, 0.5) is 11.5 Å². The van der Waals surface area contributed by atoms with Crippen LogP contribution in [0.1, 0.15) is 24.8 Å². The first-order valence-corrected chi connectivity index (χ1v) is 8.36. The maximum Gasteiger partial charge on any atom is 0.263 e. The van der Waals surface area contributed by atoms with E-state index in [2.05, 4.69) is 15.6 Å². The second-order valence-corrected chi connectivity index (χ2v) is 6.20. The molecule has 1 aliphatic carbocycles. The number of aryl methyl sites for hydroxylation is 1. The van der Waals surface area contributed by atoms with E-state index >= 15 is 0 Å². The van der Waals surface area contributed by atoms with Gasteiger partial charge in [-0.25, -0.2) is 4.98 Å². The molecule has 1 heterocycles. The first-order chi connectivity index (χ1) is 12.1. The highest BCUT2D eigenvalue weighted by molar-refractivity contribution is 5.93. The van der Waals surface area contributed by atoms with Gasteiger partial charge in [-0.05, 0) is 49.6 Å². The summed E-state index contributed by atoms with van der Waals surface area (Å²) in [6, 6.07) is 10.9. The average Bonchev–Trinajstić information content (AvgIpc) is 2.53. The molecular formula is C19H21N3O3. The number of pyridine rings is 1. The minimum atomic E-state index is -0.291. The Kier molecular flexibility index (Phi) is 5.28. The topological polar surface area (TPSA) is 80.3 Å². The third kappa shape index (κ3) is 4.79. The van der Waals surface area contributed by atoms with E-state index in [9.17, 15) is 9.59 Å². The summed E-state index contributed by atoms with van der Waals surface area (Å²) in [7, 11) is 0. The van der Waals surface area contributed by atoms with Crippen molar-refractivity contribution in [3.63, 3.8) is 0 Å². The third-order valence-corrected chi connectivity index (χ3v) is 4.13. The fourth-order valence-corrected chi connectivity index (χ4v) is 2.49. The van der Waals surface area contributed by atoms with Crippen LogP contribution in [0.15, 0.2) is 42.6 Å². The lowest BCUT2D eigenvalue weighted by atomic mass is 9.85. The molecule has 2 aromatic rings. The predicted molar refractivity (Wildman–Crippen MR) is 95.5 cm³/mol. The van der Waals surface area contributed by atoms with Gasteiger partial charge in [0.2, 0.25) is 5.91 Å². The van der Waals surface area contributed by atoms with Crippen LogP contribution < -0.4 is 15.4 Å². The van der Waals surface area contributed by atoms with Crippen LogP contribution in [0.25, 0.3) is 0 Å². The molecule has 1 fully saturated rings. The second kappa shape index (κ2) is 7.79. The first kappa shape index (κ1) is 17.0. The SMILES string of the molecule is Cc1cccc(OCC(=O)Nc2ccc(NC(=O)C3CCC3)cn2)c1. The zero-order valence-corrected chi connectivity index (χ0v) is 14.1. The minimum Gasteiger partial charge on any atom is -0.484 e. The first-order valence-electron chi connectivity index (χ1n) is 8.36. The van der Waals surface area contributed by atoms with E-state index in [0.717, 1.165) is 24.8 Å². The molecule has 1 aromatic heterocycles. The molecule has 6 heteroatoms. The Hall–Kier alpha value is -2.89. The fraction of sp³-hybridized carbons (Fsp3) is 0.316. The van der Waals surface area contributed by atoms with Crippen LogP contribution >= 0.6 is 0 Å². The number of nitrogens with zero attached hydrogens (tertiary/aromatic N) is 1. The van der Waals surface area contributed by atoms with Crippen LogP contribution in [-0.4, -0.2) is 23.4 Å². The number of anilines is 2. The molecule has 0 aliphatic heterocycles. The van der Waals surface area contributed by atoms with Crippen LogP contribution in [0, 0.1) is 12.8 Å². The largest absolute Gasteiger partial charge is 0.484 e. The van der Waals surface area contributed by atoms with Gasteiger partial charge in [0.1, 0.15) is 11.6 Å². The summed E-state index contributed by atoms with van der Waals surface area (Å²) >= 11 is 0. The van der Waals surface area contributed by atoms with Gasteiger partial charge >= 0.3 is 0 Å². The smallest absolute Gasteiger partial charge is 0.263 e. The number of amides is 2. The Morgan fingerprint density at radius 2 is 2.04 bits per heavy atom. The van der Waals surface area contributed by atoms with E-state index in [1.165, 1.54) is 6.20 Å². The normalized spacial score (nSPS) is 13.6. The van der Waals surface area contributed by atoms with Crippen molar-refractivity contribution in [2.24, 2.45) is 5.92 Å². The van der Waals surface area contributed by atoms with Gasteiger partial charge in [0, 0.05) is 5.92 Å². The summed E-state index contributed by atoms with van der Waals surface area (Å²) in [6.07, 6.45) is 4.56. The van der Waals surface area contributed by atoms with Crippen molar-refractivity contribution in [1.29, 1.82) is 0 Å². The summed E-state index contributed by atoms with van der Waals surface area (Å²) in [4.78, 5) is 27.9. The number of aromatic nitrogens is 1. The van der Waals surface area contributed by atoms with Crippen molar-refractivity contribution in [3.8, 4) is 5.75 Å². The average molecular weight is 339 g/mol. The van der Waals surface area contributed by atoms with Gasteiger partial charge in [-0.2, -0.15) is 0 Å². The Morgan fingerprint density at radius 1 is 1.20 bits per heavy atom. The van der Waals surface area contributed by atoms with E-state index in [-0.39, 0.29) is 24.3 Å². The molecular weight excluding hydrogens is 318 g/mol. The molecule has 0 spiro atoms. The molecule has 0 saturated heterocycles. The maximum absolute atomic E-state index is 11.9. The van der Waals surface area contributed by atoms with Gasteiger partial charge in [-0.15, -0.1) is 0 Å². The molecule has 0 unspecified atom stereocenters. The van der Waals surface area contributed by atoms with Crippen molar-refractivity contribution in [2.75, 3.05) is 17.2 Å². The molecule has 0 radical (unpaired) electrons. The zero-order valence-electron chi connectivity index (χ0n) is 14.1. The fourth-order valence-electron chi connectivity index (χ4n) is 2.49. The van der Waals surface area contributed by atoms with Crippen molar-refractivity contribution in [1.82, 2.24) is 4.98 Å². The van der Waals surface area contributed by atoms with Crippen molar-refractivity contribution >= 4 is 23.3 Å². The lowest BCUT2D eigenvalue weighted by Crippen LogP contribution is -2.28. The zero-order chi connectivity index (χ0) is 17.6. The summed E-state index contributed by atoms with van der Waals surface area (Å²) in [5, 5.41) is 5.50. The van der Waals surface area contributed by atoms with Gasteiger partial charge in [-0.1, -0.05) is 18.6 Å². The number of carbonyl (C=O) groups is 2. The van der Waals surface area contributed by atoms with E-state index in [4.69, 9.17) is 4.74 Å². The van der Waals surface area contributed by atoms with Gasteiger partial charge < -0.3 is 15.4 Å². The van der Waals surface area contributed by atoms with Crippen LogP contribution in [-0.2, 0) is 9.59 Å². The number of hydrogen-bond donors (Lipinski definition) is 2.